The minimum Gasteiger partial charge on any atom is -0.475 e. The highest BCUT2D eigenvalue weighted by Gasteiger charge is 2.38. The van der Waals surface area contributed by atoms with Gasteiger partial charge in [-0.25, -0.2) is 14.0 Å². The van der Waals surface area contributed by atoms with Gasteiger partial charge in [-0.05, 0) is 50.6 Å². The summed E-state index contributed by atoms with van der Waals surface area (Å²) in [5.41, 5.74) is 0.532. The van der Waals surface area contributed by atoms with Crippen LogP contribution in [0.25, 0.3) is 10.9 Å². The lowest BCUT2D eigenvalue weighted by atomic mass is 10.1. The number of para-hydroxylation sites is 1. The maximum Gasteiger partial charge on any atom is 0.490 e. The van der Waals surface area contributed by atoms with E-state index in [0.29, 0.717) is 29.6 Å². The molecule has 1 aliphatic heterocycles. The van der Waals surface area contributed by atoms with Gasteiger partial charge in [0.15, 0.2) is 0 Å². The number of alkyl halides is 3. The van der Waals surface area contributed by atoms with Gasteiger partial charge in [-0.2, -0.15) is 18.3 Å². The van der Waals surface area contributed by atoms with Crippen LogP contribution in [0, 0.1) is 5.82 Å². The molecule has 1 saturated heterocycles. The van der Waals surface area contributed by atoms with Gasteiger partial charge in [-0.3, -0.25) is 14.3 Å². The Bertz CT molecular complexity index is 1490. The van der Waals surface area contributed by atoms with Crippen LogP contribution in [0.15, 0.2) is 53.5 Å². The monoisotopic (exact) mass is 580 g/mol. The molecule has 2 aromatic carbocycles. The first kappa shape index (κ1) is 31.0. The summed E-state index contributed by atoms with van der Waals surface area (Å²) in [6, 6.07) is 11.5. The summed E-state index contributed by atoms with van der Waals surface area (Å²) >= 11 is 0. The van der Waals surface area contributed by atoms with E-state index in [9.17, 15) is 31.9 Å². The van der Waals surface area contributed by atoms with Crippen molar-refractivity contribution >= 4 is 28.9 Å². The van der Waals surface area contributed by atoms with Crippen LogP contribution in [-0.2, 0) is 16.1 Å². The normalized spacial score (nSPS) is 13.8. The predicted molar refractivity (Wildman–Crippen MR) is 139 cm³/mol. The SMILES string of the molecule is CC(C)(C)OC(=O)N1CCN(C(=O)c2cc(Cn3ncc(=O)c4ccccc43)ccc2F)CC1.O=C(O)C(F)(F)F. The Labute approximate surface area is 231 Å². The van der Waals surface area contributed by atoms with E-state index >= 15 is 0 Å². The van der Waals surface area contributed by atoms with Crippen molar-refractivity contribution < 1.29 is 41.8 Å². The number of aromatic nitrogens is 2. The summed E-state index contributed by atoms with van der Waals surface area (Å²) < 4.78 is 53.4. The number of halogens is 4. The minimum absolute atomic E-state index is 0.0337. The molecule has 0 spiro atoms. The number of nitrogens with zero attached hydrogens (tertiary/aromatic N) is 4. The largest absolute Gasteiger partial charge is 0.490 e. The van der Waals surface area contributed by atoms with Crippen LogP contribution in [0.2, 0.25) is 0 Å². The molecule has 1 N–H and O–H groups in total. The van der Waals surface area contributed by atoms with E-state index in [2.05, 4.69) is 5.10 Å². The van der Waals surface area contributed by atoms with Gasteiger partial charge in [-0.1, -0.05) is 18.2 Å². The van der Waals surface area contributed by atoms with E-state index in [1.54, 1.807) is 54.6 Å². The Morgan fingerprint density at radius 3 is 2.15 bits per heavy atom. The lowest BCUT2D eigenvalue weighted by molar-refractivity contribution is -0.192. The molecular formula is C27H28F4N4O6. The molecule has 3 aromatic rings. The third-order valence-corrected chi connectivity index (χ3v) is 5.82. The number of carbonyl (C=O) groups is 3. The second-order valence-corrected chi connectivity index (χ2v) is 10.1. The predicted octanol–water partition coefficient (Wildman–Crippen LogP) is 3.91. The molecule has 10 nitrogen and oxygen atoms in total. The van der Waals surface area contributed by atoms with Crippen LogP contribution in [-0.4, -0.2) is 80.6 Å². The standard InChI is InChI=1S/C25H27FN4O4.C2HF3O2/c1-25(2,3)34-24(33)29-12-10-28(11-13-29)23(32)19-14-17(8-9-20(19)26)16-30-21-7-5-4-6-18(21)22(31)15-27-30;3-2(4,5)1(6)7/h4-9,14-15H,10-13,16H2,1-3H3;(H,6,7). The van der Waals surface area contributed by atoms with Crippen molar-refractivity contribution in [3.05, 3.63) is 75.8 Å². The smallest absolute Gasteiger partial charge is 0.475 e. The van der Waals surface area contributed by atoms with Crippen molar-refractivity contribution in [2.45, 2.75) is 39.1 Å². The van der Waals surface area contributed by atoms with Gasteiger partial charge in [0, 0.05) is 31.6 Å². The van der Waals surface area contributed by atoms with Crippen molar-refractivity contribution in [1.82, 2.24) is 19.6 Å². The molecule has 41 heavy (non-hydrogen) atoms. The lowest BCUT2D eigenvalue weighted by Gasteiger charge is -2.35. The maximum absolute atomic E-state index is 14.6. The fourth-order valence-corrected chi connectivity index (χ4v) is 3.88. The maximum atomic E-state index is 14.6. The quantitative estimate of drug-likeness (QED) is 0.466. The number of aliphatic carboxylic acids is 1. The average Bonchev–Trinajstić information content (AvgIpc) is 2.90. The van der Waals surface area contributed by atoms with E-state index in [0.717, 1.165) is 0 Å². The average molecular weight is 581 g/mol. The fraction of sp³-hybridized carbons (Fsp3) is 0.370. The second kappa shape index (κ2) is 12.4. The fourth-order valence-electron chi connectivity index (χ4n) is 3.88. The molecule has 220 valence electrons. The molecule has 2 heterocycles. The number of amides is 2. The van der Waals surface area contributed by atoms with E-state index in [4.69, 9.17) is 14.6 Å². The number of rotatable bonds is 3. The number of hydrogen-bond acceptors (Lipinski definition) is 6. The highest BCUT2D eigenvalue weighted by Crippen LogP contribution is 2.18. The van der Waals surface area contributed by atoms with Crippen LogP contribution < -0.4 is 5.43 Å². The number of carbonyl (C=O) groups excluding carboxylic acids is 2. The van der Waals surface area contributed by atoms with E-state index in [-0.39, 0.29) is 30.6 Å². The summed E-state index contributed by atoms with van der Waals surface area (Å²) in [4.78, 5) is 49.4. The summed E-state index contributed by atoms with van der Waals surface area (Å²) in [7, 11) is 0. The molecule has 0 atom stereocenters. The van der Waals surface area contributed by atoms with E-state index < -0.39 is 35.6 Å². The van der Waals surface area contributed by atoms with Gasteiger partial charge in [0.1, 0.15) is 11.4 Å². The van der Waals surface area contributed by atoms with Gasteiger partial charge in [0.05, 0.1) is 23.8 Å². The molecular weight excluding hydrogens is 552 g/mol. The Morgan fingerprint density at radius 2 is 1.56 bits per heavy atom. The first-order valence-corrected chi connectivity index (χ1v) is 12.4. The Balaban J connectivity index is 0.000000587. The third kappa shape index (κ3) is 8.25. The minimum atomic E-state index is -5.08. The first-order valence-electron chi connectivity index (χ1n) is 12.4. The molecule has 1 fully saturated rings. The zero-order valence-corrected chi connectivity index (χ0v) is 22.4. The zero-order chi connectivity index (χ0) is 30.5. The van der Waals surface area contributed by atoms with E-state index in [1.807, 2.05) is 6.07 Å². The molecule has 14 heteroatoms. The number of fused-ring (bicyclic) bond motifs is 1. The Kier molecular flexibility index (Phi) is 9.35. The van der Waals surface area contributed by atoms with Crippen molar-refractivity contribution in [3.8, 4) is 0 Å². The molecule has 0 aliphatic carbocycles. The van der Waals surface area contributed by atoms with Crippen molar-refractivity contribution in [3.63, 3.8) is 0 Å². The molecule has 0 saturated carbocycles. The molecule has 0 bridgehead atoms. The van der Waals surface area contributed by atoms with Crippen LogP contribution >= 0.6 is 0 Å². The Morgan fingerprint density at radius 1 is 0.976 bits per heavy atom. The molecule has 1 aromatic heterocycles. The van der Waals surface area contributed by atoms with Gasteiger partial charge >= 0.3 is 18.2 Å². The van der Waals surface area contributed by atoms with Crippen LogP contribution in [0.4, 0.5) is 22.4 Å². The highest BCUT2D eigenvalue weighted by atomic mass is 19.4. The number of ether oxygens (including phenoxy) is 1. The number of piperazine rings is 1. The van der Waals surface area contributed by atoms with Crippen molar-refractivity contribution in [1.29, 1.82) is 0 Å². The van der Waals surface area contributed by atoms with Crippen LogP contribution in [0.5, 0.6) is 0 Å². The van der Waals surface area contributed by atoms with Gasteiger partial charge in [0.25, 0.3) is 5.91 Å². The molecule has 1 aliphatic rings. The number of hydrogen-bond donors (Lipinski definition) is 1. The molecule has 0 radical (unpaired) electrons. The van der Waals surface area contributed by atoms with Gasteiger partial charge < -0.3 is 19.6 Å². The summed E-state index contributed by atoms with van der Waals surface area (Å²) in [6.45, 7) is 6.87. The Hall–Kier alpha value is -4.49. The highest BCUT2D eigenvalue weighted by molar-refractivity contribution is 5.95. The molecule has 4 rings (SSSR count). The second-order valence-electron chi connectivity index (χ2n) is 10.1. The first-order chi connectivity index (χ1) is 19.1. The number of benzene rings is 2. The third-order valence-electron chi connectivity index (χ3n) is 5.82. The van der Waals surface area contributed by atoms with Crippen LogP contribution in [0.1, 0.15) is 36.7 Å². The lowest BCUT2D eigenvalue weighted by Crippen LogP contribution is -2.51. The number of carboxylic acids is 1. The molecule has 0 unspecified atom stereocenters. The van der Waals surface area contributed by atoms with Gasteiger partial charge in [0.2, 0.25) is 5.43 Å². The molecule has 2 amide bonds. The van der Waals surface area contributed by atoms with Gasteiger partial charge in [-0.15, -0.1) is 0 Å². The van der Waals surface area contributed by atoms with Crippen LogP contribution in [0.3, 0.4) is 0 Å². The number of carboxylic acid groups (broad SMARTS) is 1. The summed E-state index contributed by atoms with van der Waals surface area (Å²) in [5.74, 6) is -3.80. The topological polar surface area (TPSA) is 122 Å². The van der Waals surface area contributed by atoms with Crippen molar-refractivity contribution in [2.24, 2.45) is 0 Å². The summed E-state index contributed by atoms with van der Waals surface area (Å²) in [6.07, 6.45) is -4.25. The zero-order valence-electron chi connectivity index (χ0n) is 22.4. The van der Waals surface area contributed by atoms with E-state index in [1.165, 1.54) is 23.2 Å². The summed E-state index contributed by atoms with van der Waals surface area (Å²) in [5, 5.41) is 11.9. The van der Waals surface area contributed by atoms with Crippen molar-refractivity contribution in [2.75, 3.05) is 26.2 Å².